The normalized spacial score (nSPS) is 25.2. The van der Waals surface area contributed by atoms with E-state index in [1.807, 2.05) is 6.92 Å². The Labute approximate surface area is 154 Å². The lowest BCUT2D eigenvalue weighted by Crippen LogP contribution is -2.22. The van der Waals surface area contributed by atoms with Crippen molar-refractivity contribution in [2.45, 2.75) is 23.0 Å². The minimum absolute atomic E-state index is 0.0311. The Bertz CT molecular complexity index is 977. The molecule has 0 aliphatic heterocycles. The molecule has 1 aliphatic rings. The Hall–Kier alpha value is -2.17. The SMILES string of the molecule is Cc1ccc(S(=O)(=O)[C@@H]2[C@H](c3ccc(Br)cc3)[C@]2(C#N)C(=O)O)cc1. The summed E-state index contributed by atoms with van der Waals surface area (Å²) in [6, 6.07) is 14.7. The van der Waals surface area contributed by atoms with Crippen molar-refractivity contribution in [1.82, 2.24) is 0 Å². The topological polar surface area (TPSA) is 95.2 Å². The lowest BCUT2D eigenvalue weighted by molar-refractivity contribution is -0.141. The first-order valence-corrected chi connectivity index (χ1v) is 9.79. The molecule has 0 aromatic heterocycles. The van der Waals surface area contributed by atoms with Crippen molar-refractivity contribution in [1.29, 1.82) is 5.26 Å². The second kappa shape index (κ2) is 5.97. The average Bonchev–Trinajstić information content (AvgIpc) is 3.27. The molecule has 0 bridgehead atoms. The third kappa shape index (κ3) is 2.66. The van der Waals surface area contributed by atoms with E-state index < -0.39 is 32.4 Å². The van der Waals surface area contributed by atoms with E-state index >= 15 is 0 Å². The fraction of sp³-hybridized carbons (Fsp3) is 0.222. The molecular weight excluding hydrogens is 406 g/mol. The van der Waals surface area contributed by atoms with Crippen LogP contribution in [0.1, 0.15) is 17.0 Å². The largest absolute Gasteiger partial charge is 0.480 e. The van der Waals surface area contributed by atoms with Crippen molar-refractivity contribution in [2.75, 3.05) is 0 Å². The lowest BCUT2D eigenvalue weighted by atomic mass is 10.0. The highest BCUT2D eigenvalue weighted by molar-refractivity contribution is 9.10. The number of hydrogen-bond donors (Lipinski definition) is 1. The number of halogens is 1. The number of benzene rings is 2. The first-order chi connectivity index (χ1) is 11.7. The summed E-state index contributed by atoms with van der Waals surface area (Å²) in [6.45, 7) is 1.83. The van der Waals surface area contributed by atoms with Gasteiger partial charge in [-0.25, -0.2) is 8.42 Å². The van der Waals surface area contributed by atoms with Crippen LogP contribution >= 0.6 is 15.9 Å². The number of carbonyl (C=O) groups is 1. The molecule has 0 unspecified atom stereocenters. The molecule has 1 fully saturated rings. The predicted octanol–water partition coefficient (Wildman–Crippen LogP) is 3.29. The number of aryl methyl sites for hydroxylation is 1. The number of carboxylic acid groups (broad SMARTS) is 1. The molecule has 1 saturated carbocycles. The highest BCUT2D eigenvalue weighted by Crippen LogP contribution is 2.64. The molecule has 25 heavy (non-hydrogen) atoms. The molecule has 1 N–H and O–H groups in total. The van der Waals surface area contributed by atoms with Gasteiger partial charge in [-0.1, -0.05) is 45.8 Å². The molecule has 0 radical (unpaired) electrons. The smallest absolute Gasteiger partial charge is 0.326 e. The van der Waals surface area contributed by atoms with Gasteiger partial charge in [-0.3, -0.25) is 4.79 Å². The highest BCUT2D eigenvalue weighted by atomic mass is 79.9. The lowest BCUT2D eigenvalue weighted by Gasteiger charge is -2.05. The van der Waals surface area contributed by atoms with E-state index in [1.54, 1.807) is 42.5 Å². The Kier molecular flexibility index (Phi) is 4.21. The van der Waals surface area contributed by atoms with Crippen LogP contribution in [-0.4, -0.2) is 24.7 Å². The zero-order chi connectivity index (χ0) is 18.4. The van der Waals surface area contributed by atoms with Crippen LogP contribution < -0.4 is 0 Å². The van der Waals surface area contributed by atoms with Gasteiger partial charge in [0.2, 0.25) is 0 Å². The summed E-state index contributed by atoms with van der Waals surface area (Å²) in [4.78, 5) is 11.8. The molecule has 5 nitrogen and oxygen atoms in total. The zero-order valence-electron chi connectivity index (χ0n) is 13.2. The predicted molar refractivity (Wildman–Crippen MR) is 94.7 cm³/mol. The zero-order valence-corrected chi connectivity index (χ0v) is 15.6. The Balaban J connectivity index is 2.12. The quantitative estimate of drug-likeness (QED) is 0.819. The Morgan fingerprint density at radius 1 is 1.16 bits per heavy atom. The molecule has 1 aliphatic carbocycles. The van der Waals surface area contributed by atoms with Crippen LogP contribution in [-0.2, 0) is 14.6 Å². The van der Waals surface area contributed by atoms with Crippen molar-refractivity contribution in [3.05, 3.63) is 64.1 Å². The van der Waals surface area contributed by atoms with Crippen molar-refractivity contribution < 1.29 is 18.3 Å². The Morgan fingerprint density at radius 3 is 2.20 bits per heavy atom. The number of carboxylic acids is 1. The number of hydrogen-bond acceptors (Lipinski definition) is 4. The van der Waals surface area contributed by atoms with Gasteiger partial charge >= 0.3 is 5.97 Å². The summed E-state index contributed by atoms with van der Waals surface area (Å²) < 4.78 is 26.8. The number of rotatable bonds is 4. The molecule has 0 amide bonds. The molecule has 7 heteroatoms. The van der Waals surface area contributed by atoms with Crippen LogP contribution in [0.15, 0.2) is 57.9 Å². The van der Waals surface area contributed by atoms with Crippen LogP contribution in [0.4, 0.5) is 0 Å². The maximum absolute atomic E-state index is 13.0. The van der Waals surface area contributed by atoms with Gasteiger partial charge in [0.1, 0.15) is 5.25 Å². The number of sulfone groups is 1. The average molecular weight is 420 g/mol. The summed E-state index contributed by atoms with van der Waals surface area (Å²) in [7, 11) is -3.97. The van der Waals surface area contributed by atoms with Crippen LogP contribution in [0.2, 0.25) is 0 Å². The monoisotopic (exact) mass is 419 g/mol. The second-order valence-electron chi connectivity index (χ2n) is 6.09. The summed E-state index contributed by atoms with van der Waals surface area (Å²) in [5.41, 5.74) is -0.561. The molecule has 0 heterocycles. The van der Waals surface area contributed by atoms with Gasteiger partial charge in [-0.2, -0.15) is 5.26 Å². The van der Waals surface area contributed by atoms with Gasteiger partial charge < -0.3 is 5.11 Å². The number of aliphatic carboxylic acids is 1. The molecular formula is C18H14BrNO4S. The summed E-state index contributed by atoms with van der Waals surface area (Å²) in [5, 5.41) is 17.8. The van der Waals surface area contributed by atoms with E-state index in [0.29, 0.717) is 5.56 Å². The van der Waals surface area contributed by atoms with Gasteiger partial charge in [0.05, 0.1) is 11.0 Å². The van der Waals surface area contributed by atoms with Gasteiger partial charge in [-0.05, 0) is 36.8 Å². The third-order valence-electron chi connectivity index (χ3n) is 4.58. The van der Waals surface area contributed by atoms with Crippen LogP contribution in [0.5, 0.6) is 0 Å². The fourth-order valence-electron chi connectivity index (χ4n) is 3.20. The van der Waals surface area contributed by atoms with Crippen LogP contribution in [0, 0.1) is 23.7 Å². The minimum atomic E-state index is -3.97. The molecule has 3 rings (SSSR count). The molecule has 2 aromatic carbocycles. The molecule has 0 spiro atoms. The summed E-state index contributed by atoms with van der Waals surface area (Å²) in [6.07, 6.45) is 0. The van der Waals surface area contributed by atoms with E-state index in [2.05, 4.69) is 15.9 Å². The first-order valence-electron chi connectivity index (χ1n) is 7.46. The number of nitriles is 1. The maximum atomic E-state index is 13.0. The minimum Gasteiger partial charge on any atom is -0.480 e. The fourth-order valence-corrected chi connectivity index (χ4v) is 5.71. The number of nitrogens with zero attached hydrogens (tertiary/aromatic N) is 1. The summed E-state index contributed by atoms with van der Waals surface area (Å²) in [5.74, 6) is -2.32. The van der Waals surface area contributed by atoms with Crippen LogP contribution in [0.3, 0.4) is 0 Å². The van der Waals surface area contributed by atoms with Gasteiger partial charge in [-0.15, -0.1) is 0 Å². The van der Waals surface area contributed by atoms with Crippen molar-refractivity contribution in [3.63, 3.8) is 0 Å². The van der Waals surface area contributed by atoms with E-state index in [-0.39, 0.29) is 4.90 Å². The van der Waals surface area contributed by atoms with Crippen molar-refractivity contribution in [2.24, 2.45) is 5.41 Å². The van der Waals surface area contributed by atoms with E-state index in [1.165, 1.54) is 12.1 Å². The van der Waals surface area contributed by atoms with Crippen molar-refractivity contribution in [3.8, 4) is 6.07 Å². The van der Waals surface area contributed by atoms with Gasteiger partial charge in [0.15, 0.2) is 15.3 Å². The van der Waals surface area contributed by atoms with E-state index in [4.69, 9.17) is 0 Å². The molecule has 0 saturated heterocycles. The molecule has 2 aromatic rings. The van der Waals surface area contributed by atoms with Crippen LogP contribution in [0.25, 0.3) is 0 Å². The standard InChI is InChI=1S/C18H14BrNO4S/c1-11-2-8-14(9-3-11)25(23,24)16-15(18(16,10-20)17(21)22)12-4-6-13(19)7-5-12/h2-9,15-16H,1H3,(H,21,22)/t15-,16+,18-/m0/s1. The van der Waals surface area contributed by atoms with Crippen molar-refractivity contribution >= 4 is 31.7 Å². The summed E-state index contributed by atoms with van der Waals surface area (Å²) >= 11 is 3.29. The third-order valence-corrected chi connectivity index (χ3v) is 7.36. The molecule has 128 valence electrons. The maximum Gasteiger partial charge on any atom is 0.326 e. The molecule has 3 atom stereocenters. The van der Waals surface area contributed by atoms with E-state index in [9.17, 15) is 23.6 Å². The Morgan fingerprint density at radius 2 is 1.72 bits per heavy atom. The highest BCUT2D eigenvalue weighted by Gasteiger charge is 2.77. The first kappa shape index (κ1) is 17.6. The second-order valence-corrected chi connectivity index (χ2v) is 9.08. The van der Waals surface area contributed by atoms with E-state index in [0.717, 1.165) is 10.0 Å². The van der Waals surface area contributed by atoms with Gasteiger partial charge in [0.25, 0.3) is 0 Å². The van der Waals surface area contributed by atoms with Gasteiger partial charge in [0, 0.05) is 10.4 Å².